The van der Waals surface area contributed by atoms with Crippen molar-refractivity contribution >= 4 is 28.7 Å². The van der Waals surface area contributed by atoms with Gasteiger partial charge >= 0.3 is 0 Å². The molecular formula is C23H22N6S2. The van der Waals surface area contributed by atoms with Crippen molar-refractivity contribution in [1.82, 2.24) is 29.7 Å². The van der Waals surface area contributed by atoms with Gasteiger partial charge in [-0.05, 0) is 67.5 Å². The number of rotatable bonds is 5. The second-order valence-corrected chi connectivity index (χ2v) is 8.85. The van der Waals surface area contributed by atoms with Gasteiger partial charge in [-0.2, -0.15) is 0 Å². The number of hydrogen-bond acceptors (Lipinski definition) is 5. The third-order valence-electron chi connectivity index (χ3n) is 5.70. The fraction of sp³-hybridized carbons (Fsp3) is 0.217. The lowest BCUT2D eigenvalue weighted by Crippen LogP contribution is -2.29. The molecule has 0 saturated carbocycles. The molecule has 0 aromatic carbocycles. The lowest BCUT2D eigenvalue weighted by molar-refractivity contribution is 0.310. The minimum atomic E-state index is -0.0409. The maximum atomic E-state index is 5.81. The summed E-state index contributed by atoms with van der Waals surface area (Å²) < 4.78 is 2.22. The summed E-state index contributed by atoms with van der Waals surface area (Å²) in [7, 11) is 0. The number of pyridine rings is 2. The lowest BCUT2D eigenvalue weighted by atomic mass is 9.96. The van der Waals surface area contributed by atoms with Gasteiger partial charge in [0.2, 0.25) is 0 Å². The summed E-state index contributed by atoms with van der Waals surface area (Å²) in [5, 5.41) is 7.25. The highest BCUT2D eigenvalue weighted by Crippen LogP contribution is 2.42. The van der Waals surface area contributed by atoms with Gasteiger partial charge in [0.25, 0.3) is 0 Å². The number of thiazole rings is 1. The molecular weight excluding hydrogens is 424 g/mol. The Labute approximate surface area is 190 Å². The van der Waals surface area contributed by atoms with Crippen LogP contribution in [0.3, 0.4) is 0 Å². The molecule has 1 fully saturated rings. The summed E-state index contributed by atoms with van der Waals surface area (Å²) in [4.78, 5) is 15.6. The number of thiocarbonyl (C=S) groups is 1. The van der Waals surface area contributed by atoms with Gasteiger partial charge in [-0.15, -0.1) is 11.3 Å². The van der Waals surface area contributed by atoms with Crippen LogP contribution in [-0.4, -0.2) is 29.5 Å². The van der Waals surface area contributed by atoms with E-state index in [1.807, 2.05) is 54.4 Å². The number of hydrogen-bond donors (Lipinski definition) is 1. The van der Waals surface area contributed by atoms with Crippen molar-refractivity contribution in [2.24, 2.45) is 0 Å². The second-order valence-electron chi connectivity index (χ2n) is 7.59. The molecule has 8 heteroatoms. The van der Waals surface area contributed by atoms with E-state index in [9.17, 15) is 0 Å². The molecule has 5 heterocycles. The zero-order chi connectivity index (χ0) is 21.4. The van der Waals surface area contributed by atoms with Crippen molar-refractivity contribution in [1.29, 1.82) is 0 Å². The van der Waals surface area contributed by atoms with Gasteiger partial charge in [-0.25, -0.2) is 4.98 Å². The quantitative estimate of drug-likeness (QED) is 0.455. The monoisotopic (exact) mass is 446 g/mol. The molecule has 0 spiro atoms. The van der Waals surface area contributed by atoms with Gasteiger partial charge in [0.05, 0.1) is 17.8 Å². The van der Waals surface area contributed by atoms with Crippen LogP contribution in [0, 0.1) is 13.8 Å². The van der Waals surface area contributed by atoms with Gasteiger partial charge in [-0.1, -0.05) is 6.07 Å². The van der Waals surface area contributed by atoms with Gasteiger partial charge < -0.3 is 10.2 Å². The Morgan fingerprint density at radius 3 is 2.61 bits per heavy atom. The summed E-state index contributed by atoms with van der Waals surface area (Å²) >= 11 is 7.45. The Kier molecular flexibility index (Phi) is 5.25. The number of aryl methyl sites for hydroxylation is 1. The summed E-state index contributed by atoms with van der Waals surface area (Å²) in [5.74, 6) is 0. The summed E-state index contributed by atoms with van der Waals surface area (Å²) in [6.45, 7) is 4.98. The SMILES string of the molecule is Cc1cc(C2C(c3ccccn3)NC(=S)N2Cc2ccncc2)c(C)n1-c1nccs1. The first-order valence-corrected chi connectivity index (χ1v) is 11.4. The van der Waals surface area contributed by atoms with Crippen LogP contribution >= 0.6 is 23.6 Å². The Morgan fingerprint density at radius 2 is 1.90 bits per heavy atom. The molecule has 5 rings (SSSR count). The molecule has 4 aromatic heterocycles. The van der Waals surface area contributed by atoms with Crippen LogP contribution in [0.4, 0.5) is 0 Å². The first-order chi connectivity index (χ1) is 15.1. The Hall–Kier alpha value is -3.10. The normalized spacial score (nSPS) is 18.4. The van der Waals surface area contributed by atoms with Gasteiger partial charge in [0.15, 0.2) is 10.2 Å². The predicted octanol–water partition coefficient (Wildman–Crippen LogP) is 4.51. The van der Waals surface area contributed by atoms with Gasteiger partial charge in [0, 0.05) is 48.1 Å². The Bertz CT molecular complexity index is 1190. The van der Waals surface area contributed by atoms with Gasteiger partial charge in [0.1, 0.15) is 0 Å². The topological polar surface area (TPSA) is 58.9 Å². The van der Waals surface area contributed by atoms with Crippen LogP contribution in [0.15, 0.2) is 66.6 Å². The van der Waals surface area contributed by atoms with E-state index in [4.69, 9.17) is 12.2 Å². The summed E-state index contributed by atoms with van der Waals surface area (Å²) in [6, 6.07) is 12.3. The minimum Gasteiger partial charge on any atom is -0.352 e. The standard InChI is InChI=1S/C23H22N6S2/c1-15-13-18(16(2)29(15)23-26-11-12-31-23)21-20(19-5-3-4-8-25-19)27-22(30)28(21)14-17-6-9-24-10-7-17/h3-13,20-21H,14H2,1-2H3,(H,27,30). The van der Waals surface area contributed by atoms with Crippen LogP contribution in [0.1, 0.15) is 40.3 Å². The first kappa shape index (κ1) is 19.8. The van der Waals surface area contributed by atoms with Crippen LogP contribution in [0.25, 0.3) is 5.13 Å². The van der Waals surface area contributed by atoms with E-state index in [0.717, 1.165) is 21.6 Å². The molecule has 156 valence electrons. The van der Waals surface area contributed by atoms with Crippen molar-refractivity contribution in [2.75, 3.05) is 0 Å². The fourth-order valence-corrected chi connectivity index (χ4v) is 5.36. The van der Waals surface area contributed by atoms with E-state index in [-0.39, 0.29) is 12.1 Å². The molecule has 0 bridgehead atoms. The number of aromatic nitrogens is 4. The Morgan fingerprint density at radius 1 is 1.06 bits per heavy atom. The Balaban J connectivity index is 1.62. The zero-order valence-corrected chi connectivity index (χ0v) is 18.9. The van der Waals surface area contributed by atoms with E-state index in [2.05, 4.69) is 55.7 Å². The molecule has 31 heavy (non-hydrogen) atoms. The molecule has 2 atom stereocenters. The molecule has 1 aliphatic rings. The second kappa shape index (κ2) is 8.20. The smallest absolute Gasteiger partial charge is 0.193 e. The third-order valence-corrected chi connectivity index (χ3v) is 6.81. The predicted molar refractivity (Wildman–Crippen MR) is 126 cm³/mol. The maximum absolute atomic E-state index is 5.81. The fourth-order valence-electron chi connectivity index (χ4n) is 4.31. The van der Waals surface area contributed by atoms with E-state index >= 15 is 0 Å². The van der Waals surface area contributed by atoms with Crippen molar-refractivity contribution < 1.29 is 0 Å². The van der Waals surface area contributed by atoms with Crippen LogP contribution in [-0.2, 0) is 6.54 Å². The molecule has 1 aliphatic heterocycles. The summed E-state index contributed by atoms with van der Waals surface area (Å²) in [6.07, 6.45) is 7.32. The first-order valence-electron chi connectivity index (χ1n) is 10.1. The number of nitrogens with one attached hydrogen (secondary N) is 1. The molecule has 0 aliphatic carbocycles. The maximum Gasteiger partial charge on any atom is 0.193 e. The largest absolute Gasteiger partial charge is 0.352 e. The molecule has 6 nitrogen and oxygen atoms in total. The van der Waals surface area contributed by atoms with Crippen molar-refractivity contribution in [3.63, 3.8) is 0 Å². The zero-order valence-electron chi connectivity index (χ0n) is 17.3. The van der Waals surface area contributed by atoms with Crippen LogP contribution in [0.2, 0.25) is 0 Å². The van der Waals surface area contributed by atoms with Crippen molar-refractivity contribution in [2.45, 2.75) is 32.5 Å². The van der Waals surface area contributed by atoms with Crippen molar-refractivity contribution in [3.05, 3.63) is 94.8 Å². The molecule has 2 unspecified atom stereocenters. The van der Waals surface area contributed by atoms with Gasteiger partial charge in [-0.3, -0.25) is 14.5 Å². The average molecular weight is 447 g/mol. The highest BCUT2D eigenvalue weighted by atomic mass is 32.1. The lowest BCUT2D eigenvalue weighted by Gasteiger charge is -2.28. The van der Waals surface area contributed by atoms with E-state index < -0.39 is 0 Å². The highest BCUT2D eigenvalue weighted by molar-refractivity contribution is 7.80. The molecule has 4 aromatic rings. The van der Waals surface area contributed by atoms with Crippen molar-refractivity contribution in [3.8, 4) is 5.13 Å². The molecule has 1 saturated heterocycles. The molecule has 1 N–H and O–H groups in total. The van der Waals surface area contributed by atoms with E-state index in [0.29, 0.717) is 6.54 Å². The van der Waals surface area contributed by atoms with Crippen LogP contribution in [0.5, 0.6) is 0 Å². The molecule has 0 amide bonds. The van der Waals surface area contributed by atoms with E-state index in [1.165, 1.54) is 16.8 Å². The average Bonchev–Trinajstić information content (AvgIpc) is 3.49. The molecule has 0 radical (unpaired) electrons. The highest BCUT2D eigenvalue weighted by Gasteiger charge is 2.41. The third kappa shape index (κ3) is 3.62. The summed E-state index contributed by atoms with van der Waals surface area (Å²) in [5.41, 5.74) is 5.70. The number of nitrogens with zero attached hydrogens (tertiary/aromatic N) is 5. The van der Waals surface area contributed by atoms with E-state index in [1.54, 1.807) is 11.3 Å². The van der Waals surface area contributed by atoms with Crippen LogP contribution < -0.4 is 5.32 Å². The minimum absolute atomic E-state index is 0.00970.